The smallest absolute Gasteiger partial charge is 0.422 e. The molecule has 0 amide bonds. The third kappa shape index (κ3) is 5.16. The average molecular weight is 196 g/mol. The van der Waals surface area contributed by atoms with Crippen LogP contribution in [0, 0.1) is 0 Å². The maximum absolute atomic E-state index is 11.7. The van der Waals surface area contributed by atoms with E-state index in [9.17, 15) is 13.2 Å². The third-order valence-electron chi connectivity index (χ3n) is 1.18. The molecule has 5 heteroatoms. The molecule has 0 heterocycles. The van der Waals surface area contributed by atoms with Gasteiger partial charge in [-0.1, -0.05) is 0 Å². The summed E-state index contributed by atoms with van der Waals surface area (Å²) in [4.78, 5) is 0. The highest BCUT2D eigenvalue weighted by molar-refractivity contribution is 5.17. The molecule has 0 saturated heterocycles. The maximum atomic E-state index is 11.7. The second-order valence-corrected chi connectivity index (χ2v) is 2.23. The van der Waals surface area contributed by atoms with E-state index >= 15 is 0 Å². The van der Waals surface area contributed by atoms with Crippen molar-refractivity contribution in [3.8, 4) is 0 Å². The number of aliphatic hydroxyl groups excluding tert-OH is 1. The van der Waals surface area contributed by atoms with Crippen LogP contribution in [0.2, 0.25) is 0 Å². The zero-order chi connectivity index (χ0) is 10.5. The lowest BCUT2D eigenvalue weighted by Gasteiger charge is -2.11. The van der Waals surface area contributed by atoms with E-state index in [1.54, 1.807) is 0 Å². The predicted molar refractivity (Wildman–Crippen MR) is 42.1 cm³/mol. The number of hydrogen-bond donors (Lipinski definition) is 1. The molecule has 0 aromatic rings. The van der Waals surface area contributed by atoms with E-state index in [2.05, 4.69) is 4.74 Å². The van der Waals surface area contributed by atoms with Gasteiger partial charge >= 0.3 is 6.18 Å². The molecule has 0 bridgehead atoms. The van der Waals surface area contributed by atoms with Gasteiger partial charge in [0.05, 0.1) is 0 Å². The fourth-order valence-electron chi connectivity index (χ4n) is 0.607. The van der Waals surface area contributed by atoms with Crippen molar-refractivity contribution in [1.29, 1.82) is 0 Å². The summed E-state index contributed by atoms with van der Waals surface area (Å²) >= 11 is 0. The molecular formula is C8H11F3O2. The van der Waals surface area contributed by atoms with Gasteiger partial charge in [0, 0.05) is 0 Å². The van der Waals surface area contributed by atoms with Crippen molar-refractivity contribution in [2.75, 3.05) is 6.61 Å². The van der Waals surface area contributed by atoms with Crippen LogP contribution in [-0.4, -0.2) is 17.9 Å². The number of ether oxygens (including phenoxy) is 1. The summed E-state index contributed by atoms with van der Waals surface area (Å²) in [5.74, 6) is -0.466. The molecule has 0 aliphatic rings. The first-order valence-corrected chi connectivity index (χ1v) is 3.62. The Labute approximate surface area is 74.3 Å². The van der Waals surface area contributed by atoms with Gasteiger partial charge in [-0.05, 0) is 26.0 Å². The zero-order valence-corrected chi connectivity index (χ0v) is 7.35. The van der Waals surface area contributed by atoms with E-state index in [4.69, 9.17) is 5.11 Å². The molecule has 2 nitrogen and oxygen atoms in total. The van der Waals surface area contributed by atoms with Crippen LogP contribution in [0.1, 0.15) is 13.8 Å². The zero-order valence-electron chi connectivity index (χ0n) is 7.35. The molecule has 0 rings (SSSR count). The summed E-state index contributed by atoms with van der Waals surface area (Å²) < 4.78 is 39.3. The van der Waals surface area contributed by atoms with Crippen molar-refractivity contribution in [3.05, 3.63) is 23.7 Å². The van der Waals surface area contributed by atoms with Gasteiger partial charge in [0.25, 0.3) is 0 Å². The van der Waals surface area contributed by atoms with Gasteiger partial charge in [-0.3, -0.25) is 0 Å². The third-order valence-corrected chi connectivity index (χ3v) is 1.18. The highest BCUT2D eigenvalue weighted by atomic mass is 19.4. The lowest BCUT2D eigenvalue weighted by atomic mass is 10.3. The second kappa shape index (κ2) is 4.79. The number of halogens is 3. The van der Waals surface area contributed by atoms with Crippen molar-refractivity contribution < 1.29 is 23.0 Å². The number of allylic oxidation sites excluding steroid dienone is 2. The minimum atomic E-state index is -4.39. The first kappa shape index (κ1) is 11.9. The van der Waals surface area contributed by atoms with Crippen molar-refractivity contribution >= 4 is 0 Å². The van der Waals surface area contributed by atoms with Gasteiger partial charge < -0.3 is 9.84 Å². The molecule has 13 heavy (non-hydrogen) atoms. The molecule has 0 aliphatic heterocycles. The number of hydrogen-bond acceptors (Lipinski definition) is 2. The van der Waals surface area contributed by atoms with Gasteiger partial charge in [-0.2, -0.15) is 13.2 Å². The van der Waals surface area contributed by atoms with Crippen LogP contribution in [0.5, 0.6) is 0 Å². The van der Waals surface area contributed by atoms with Crippen LogP contribution in [0.15, 0.2) is 23.7 Å². The molecule has 0 aliphatic carbocycles. The highest BCUT2D eigenvalue weighted by Gasteiger charge is 2.29. The van der Waals surface area contributed by atoms with Crippen molar-refractivity contribution in [3.63, 3.8) is 0 Å². The van der Waals surface area contributed by atoms with Gasteiger partial charge in [0.1, 0.15) is 0 Å². The van der Waals surface area contributed by atoms with Gasteiger partial charge in [0.15, 0.2) is 18.1 Å². The molecule has 0 spiro atoms. The highest BCUT2D eigenvalue weighted by Crippen LogP contribution is 2.18. The molecule has 0 aromatic heterocycles. The van der Waals surface area contributed by atoms with Crippen LogP contribution in [0.4, 0.5) is 13.2 Å². The monoisotopic (exact) mass is 196 g/mol. The lowest BCUT2D eigenvalue weighted by molar-refractivity contribution is -0.164. The Balaban J connectivity index is 4.19. The summed E-state index contributed by atoms with van der Waals surface area (Å²) in [6.45, 7) is 1.58. The maximum Gasteiger partial charge on any atom is 0.422 e. The van der Waals surface area contributed by atoms with Crippen LogP contribution < -0.4 is 0 Å². The number of rotatable bonds is 3. The first-order valence-electron chi connectivity index (χ1n) is 3.62. The Hall–Kier alpha value is -1.13. The first-order chi connectivity index (χ1) is 5.90. The fraction of sp³-hybridized carbons (Fsp3) is 0.500. The van der Waals surface area contributed by atoms with Gasteiger partial charge in [-0.25, -0.2) is 0 Å². The topological polar surface area (TPSA) is 29.5 Å². The summed E-state index contributed by atoms with van der Waals surface area (Å²) in [5.41, 5.74) is 0. The molecular weight excluding hydrogens is 185 g/mol. The van der Waals surface area contributed by atoms with Gasteiger partial charge in [0.2, 0.25) is 0 Å². The molecule has 0 aromatic carbocycles. The Bertz CT molecular complexity index is 216. The summed E-state index contributed by atoms with van der Waals surface area (Å²) in [7, 11) is 0. The van der Waals surface area contributed by atoms with E-state index < -0.39 is 12.8 Å². The predicted octanol–water partition coefficient (Wildman–Crippen LogP) is 2.93. The Morgan fingerprint density at radius 2 is 1.85 bits per heavy atom. The minimum Gasteiger partial charge on any atom is -0.504 e. The largest absolute Gasteiger partial charge is 0.504 e. The van der Waals surface area contributed by atoms with Gasteiger partial charge in [-0.15, -0.1) is 0 Å². The number of alkyl halides is 3. The van der Waals surface area contributed by atoms with Crippen LogP contribution in [0.25, 0.3) is 0 Å². The number of aliphatic hydroxyl groups is 1. The summed E-state index contributed by atoms with van der Waals surface area (Å²) in [5, 5.41) is 9.02. The van der Waals surface area contributed by atoms with Crippen molar-refractivity contribution in [2.24, 2.45) is 0 Å². The molecule has 0 fully saturated rings. The SMILES string of the molecule is C/C=C(O)\C(=C/C)OCC(F)(F)F. The standard InChI is InChI=1S/C8H11F3O2/c1-3-6(12)7(4-2)13-5-8(9,10)11/h3-4,12H,5H2,1-2H3/b6-3+,7-4+. The van der Waals surface area contributed by atoms with E-state index in [1.165, 1.54) is 26.0 Å². The van der Waals surface area contributed by atoms with E-state index in [0.29, 0.717) is 0 Å². The van der Waals surface area contributed by atoms with E-state index in [1.807, 2.05) is 0 Å². The Morgan fingerprint density at radius 3 is 2.15 bits per heavy atom. The quantitative estimate of drug-likeness (QED) is 0.555. The molecule has 0 radical (unpaired) electrons. The summed E-state index contributed by atoms with van der Waals surface area (Å²) in [6.07, 6.45) is -1.87. The minimum absolute atomic E-state index is 0.167. The van der Waals surface area contributed by atoms with Crippen LogP contribution in [-0.2, 0) is 4.74 Å². The van der Waals surface area contributed by atoms with Crippen LogP contribution in [0.3, 0.4) is 0 Å². The molecule has 76 valence electrons. The van der Waals surface area contributed by atoms with E-state index in [-0.39, 0.29) is 11.5 Å². The van der Waals surface area contributed by atoms with Crippen LogP contribution >= 0.6 is 0 Å². The average Bonchev–Trinajstić information content (AvgIpc) is 2.03. The normalized spacial score (nSPS) is 14.5. The molecule has 0 unspecified atom stereocenters. The fourth-order valence-corrected chi connectivity index (χ4v) is 0.607. The molecule has 1 N–H and O–H groups in total. The Kier molecular flexibility index (Phi) is 4.37. The van der Waals surface area contributed by atoms with Crippen molar-refractivity contribution in [1.82, 2.24) is 0 Å². The molecule has 0 atom stereocenters. The van der Waals surface area contributed by atoms with E-state index in [0.717, 1.165) is 0 Å². The Morgan fingerprint density at radius 1 is 1.31 bits per heavy atom. The lowest BCUT2D eigenvalue weighted by Crippen LogP contribution is -2.17. The second-order valence-electron chi connectivity index (χ2n) is 2.23. The van der Waals surface area contributed by atoms with Crippen molar-refractivity contribution in [2.45, 2.75) is 20.0 Å². The molecule has 0 saturated carbocycles. The summed E-state index contributed by atoms with van der Waals surface area (Å²) in [6, 6.07) is 0.